The number of aromatic nitrogens is 5. The maximum atomic E-state index is 13.5. The predicted octanol–water partition coefficient (Wildman–Crippen LogP) is 1.57. The first-order valence-electron chi connectivity index (χ1n) is 7.73. The van der Waals surface area contributed by atoms with Gasteiger partial charge in [0, 0.05) is 13.1 Å². The Kier molecular flexibility index (Phi) is 3.88. The Morgan fingerprint density at radius 3 is 2.48 bits per heavy atom. The van der Waals surface area contributed by atoms with Gasteiger partial charge in [0.2, 0.25) is 17.8 Å². The quantitative estimate of drug-likeness (QED) is 0.768. The molecule has 1 fully saturated rings. The van der Waals surface area contributed by atoms with E-state index in [9.17, 15) is 8.78 Å². The first kappa shape index (κ1) is 15.6. The van der Waals surface area contributed by atoms with E-state index in [1.807, 2.05) is 4.90 Å². The third-order valence-corrected chi connectivity index (χ3v) is 3.90. The molecule has 1 aromatic carbocycles. The lowest BCUT2D eigenvalue weighted by molar-refractivity contribution is 0.122. The molecular formula is C15H15F2N7O. The van der Waals surface area contributed by atoms with Gasteiger partial charge in [-0.05, 0) is 12.1 Å². The standard InChI is InChI=1S/C15H15F2N7O/c16-11(17)12-19-9-3-1-2-4-10(9)24(12)15-21-13(18)20-14(22-15)23-5-7-25-8-6-23/h1-4,11H,5-8H2,(H2,18,20,21,22). The van der Waals surface area contributed by atoms with Crippen LogP contribution in [0.25, 0.3) is 17.0 Å². The second kappa shape index (κ2) is 6.20. The Morgan fingerprint density at radius 2 is 1.72 bits per heavy atom. The SMILES string of the molecule is Nc1nc(N2CCOCC2)nc(-n2c(C(F)F)nc3ccccc32)n1. The van der Waals surface area contributed by atoms with Crippen molar-refractivity contribution in [3.05, 3.63) is 30.1 Å². The Bertz CT molecular complexity index is 908. The van der Waals surface area contributed by atoms with E-state index in [0.29, 0.717) is 43.3 Å². The Hall–Kier alpha value is -2.88. The summed E-state index contributed by atoms with van der Waals surface area (Å²) >= 11 is 0. The highest BCUT2D eigenvalue weighted by Crippen LogP contribution is 2.27. The van der Waals surface area contributed by atoms with E-state index < -0.39 is 12.2 Å². The van der Waals surface area contributed by atoms with Gasteiger partial charge < -0.3 is 15.4 Å². The number of hydrogen-bond acceptors (Lipinski definition) is 7. The largest absolute Gasteiger partial charge is 0.378 e. The van der Waals surface area contributed by atoms with Gasteiger partial charge in [-0.1, -0.05) is 12.1 Å². The van der Waals surface area contributed by atoms with Crippen molar-refractivity contribution in [2.24, 2.45) is 0 Å². The van der Waals surface area contributed by atoms with E-state index in [-0.39, 0.29) is 11.9 Å². The summed E-state index contributed by atoms with van der Waals surface area (Å²) in [5, 5.41) is 0. The molecule has 4 rings (SSSR count). The summed E-state index contributed by atoms with van der Waals surface area (Å²) < 4.78 is 33.5. The molecule has 0 amide bonds. The minimum atomic E-state index is -2.78. The normalized spacial score (nSPS) is 15.2. The summed E-state index contributed by atoms with van der Waals surface area (Å²) in [4.78, 5) is 18.4. The van der Waals surface area contributed by atoms with Gasteiger partial charge in [0.25, 0.3) is 6.43 Å². The molecule has 8 nitrogen and oxygen atoms in total. The van der Waals surface area contributed by atoms with Crippen molar-refractivity contribution in [1.29, 1.82) is 0 Å². The molecule has 2 N–H and O–H groups in total. The fraction of sp³-hybridized carbons (Fsp3) is 0.333. The van der Waals surface area contributed by atoms with E-state index >= 15 is 0 Å². The monoisotopic (exact) mass is 347 g/mol. The number of alkyl halides is 2. The highest BCUT2D eigenvalue weighted by Gasteiger charge is 2.23. The van der Waals surface area contributed by atoms with Crippen LogP contribution in [0.15, 0.2) is 24.3 Å². The lowest BCUT2D eigenvalue weighted by Crippen LogP contribution is -2.37. The Labute approximate surface area is 141 Å². The molecule has 0 atom stereocenters. The van der Waals surface area contributed by atoms with Crippen molar-refractivity contribution in [2.75, 3.05) is 36.9 Å². The van der Waals surface area contributed by atoms with Crippen LogP contribution in [0, 0.1) is 0 Å². The van der Waals surface area contributed by atoms with Gasteiger partial charge in [-0.3, -0.25) is 4.57 Å². The highest BCUT2D eigenvalue weighted by molar-refractivity contribution is 5.77. The van der Waals surface area contributed by atoms with Gasteiger partial charge in [0.15, 0.2) is 5.82 Å². The van der Waals surface area contributed by atoms with E-state index in [1.54, 1.807) is 24.3 Å². The van der Waals surface area contributed by atoms with E-state index in [1.165, 1.54) is 4.57 Å². The molecule has 0 spiro atoms. The van der Waals surface area contributed by atoms with Crippen molar-refractivity contribution in [3.8, 4) is 5.95 Å². The first-order chi connectivity index (χ1) is 12.1. The molecule has 1 saturated heterocycles. The number of rotatable bonds is 3. The Balaban J connectivity index is 1.88. The van der Waals surface area contributed by atoms with Gasteiger partial charge >= 0.3 is 0 Å². The zero-order valence-electron chi connectivity index (χ0n) is 13.1. The van der Waals surface area contributed by atoms with Gasteiger partial charge in [0.05, 0.1) is 24.2 Å². The van der Waals surface area contributed by atoms with Crippen LogP contribution in [0.4, 0.5) is 20.7 Å². The molecule has 2 aromatic heterocycles. The fourth-order valence-corrected chi connectivity index (χ4v) is 2.78. The van der Waals surface area contributed by atoms with Crippen LogP contribution in [0.3, 0.4) is 0 Å². The van der Waals surface area contributed by atoms with Crippen molar-refractivity contribution in [3.63, 3.8) is 0 Å². The zero-order chi connectivity index (χ0) is 17.4. The van der Waals surface area contributed by atoms with E-state index in [4.69, 9.17) is 10.5 Å². The predicted molar refractivity (Wildman–Crippen MR) is 86.9 cm³/mol. The molecule has 25 heavy (non-hydrogen) atoms. The summed E-state index contributed by atoms with van der Waals surface area (Å²) in [6.07, 6.45) is -2.78. The molecule has 0 radical (unpaired) electrons. The van der Waals surface area contributed by atoms with Crippen molar-refractivity contribution in [1.82, 2.24) is 24.5 Å². The molecule has 1 aliphatic heterocycles. The smallest absolute Gasteiger partial charge is 0.296 e. The fourth-order valence-electron chi connectivity index (χ4n) is 2.78. The molecule has 0 unspecified atom stereocenters. The maximum absolute atomic E-state index is 13.5. The van der Waals surface area contributed by atoms with Crippen LogP contribution in [0.5, 0.6) is 0 Å². The minimum Gasteiger partial charge on any atom is -0.378 e. The first-order valence-corrected chi connectivity index (χ1v) is 7.73. The summed E-state index contributed by atoms with van der Waals surface area (Å²) in [5.74, 6) is -0.106. The van der Waals surface area contributed by atoms with Gasteiger partial charge in [-0.25, -0.2) is 13.8 Å². The Morgan fingerprint density at radius 1 is 1.00 bits per heavy atom. The average molecular weight is 347 g/mol. The number of nitrogens with zero attached hydrogens (tertiary/aromatic N) is 6. The topological polar surface area (TPSA) is 95.0 Å². The second-order valence-corrected chi connectivity index (χ2v) is 5.49. The van der Waals surface area contributed by atoms with Gasteiger partial charge in [-0.2, -0.15) is 15.0 Å². The number of halogens is 2. The summed E-state index contributed by atoms with van der Waals surface area (Å²) in [5.41, 5.74) is 6.72. The highest BCUT2D eigenvalue weighted by atomic mass is 19.3. The number of anilines is 2. The molecule has 130 valence electrons. The van der Waals surface area contributed by atoms with Crippen LogP contribution in [0.1, 0.15) is 12.2 Å². The number of hydrogen-bond donors (Lipinski definition) is 1. The number of nitrogen functional groups attached to an aromatic ring is 1. The number of para-hydroxylation sites is 2. The van der Waals surface area contributed by atoms with Crippen LogP contribution < -0.4 is 10.6 Å². The average Bonchev–Trinajstić information content (AvgIpc) is 3.02. The molecular weight excluding hydrogens is 332 g/mol. The van der Waals surface area contributed by atoms with Gasteiger partial charge in [0.1, 0.15) is 0 Å². The lowest BCUT2D eigenvalue weighted by Gasteiger charge is -2.26. The molecule has 3 aromatic rings. The molecule has 0 saturated carbocycles. The van der Waals surface area contributed by atoms with E-state index in [0.717, 1.165) is 0 Å². The molecule has 3 heterocycles. The number of ether oxygens (including phenoxy) is 1. The van der Waals surface area contributed by atoms with E-state index in [2.05, 4.69) is 19.9 Å². The number of fused-ring (bicyclic) bond motifs is 1. The summed E-state index contributed by atoms with van der Waals surface area (Å²) in [6, 6.07) is 6.81. The summed E-state index contributed by atoms with van der Waals surface area (Å²) in [7, 11) is 0. The maximum Gasteiger partial charge on any atom is 0.296 e. The second-order valence-electron chi connectivity index (χ2n) is 5.49. The third kappa shape index (κ3) is 2.84. The number of imidazole rings is 1. The van der Waals surface area contributed by atoms with Crippen molar-refractivity contribution < 1.29 is 13.5 Å². The molecule has 10 heteroatoms. The van der Waals surface area contributed by atoms with Crippen molar-refractivity contribution >= 4 is 22.9 Å². The number of nitrogens with two attached hydrogens (primary N) is 1. The van der Waals surface area contributed by atoms with Crippen LogP contribution in [-0.4, -0.2) is 50.8 Å². The van der Waals surface area contributed by atoms with Crippen LogP contribution in [-0.2, 0) is 4.74 Å². The lowest BCUT2D eigenvalue weighted by atomic mass is 10.3. The molecule has 0 bridgehead atoms. The summed E-state index contributed by atoms with van der Waals surface area (Å²) in [6.45, 7) is 2.26. The third-order valence-electron chi connectivity index (χ3n) is 3.90. The molecule has 1 aliphatic rings. The number of benzene rings is 1. The van der Waals surface area contributed by atoms with Crippen molar-refractivity contribution in [2.45, 2.75) is 6.43 Å². The zero-order valence-corrected chi connectivity index (χ0v) is 13.1. The minimum absolute atomic E-state index is 0.0259. The van der Waals surface area contributed by atoms with Crippen LogP contribution >= 0.6 is 0 Å². The number of morpholine rings is 1. The molecule has 0 aliphatic carbocycles. The van der Waals surface area contributed by atoms with Gasteiger partial charge in [-0.15, -0.1) is 0 Å². The van der Waals surface area contributed by atoms with Crippen LogP contribution in [0.2, 0.25) is 0 Å².